The summed E-state index contributed by atoms with van der Waals surface area (Å²) in [6, 6.07) is 0.750. The number of amides is 2. The molecule has 2 unspecified atom stereocenters. The first-order valence-electron chi connectivity index (χ1n) is 5.61. The second kappa shape index (κ2) is 4.92. The van der Waals surface area contributed by atoms with Crippen LogP contribution in [-0.2, 0) is 0 Å². The van der Waals surface area contributed by atoms with Crippen molar-refractivity contribution in [2.24, 2.45) is 0 Å². The lowest BCUT2D eigenvalue weighted by Crippen LogP contribution is -2.36. The zero-order valence-electron chi connectivity index (χ0n) is 8.87. The Morgan fingerprint density at radius 2 is 2.33 bits per heavy atom. The van der Waals surface area contributed by atoms with Crippen molar-refractivity contribution in [2.45, 2.75) is 43.0 Å². The van der Waals surface area contributed by atoms with Crippen molar-refractivity contribution < 1.29 is 4.79 Å². The fraction of sp³-hybridized carbons (Fsp3) is 0.727. The Labute approximate surface area is 95.1 Å². The molecule has 0 radical (unpaired) electrons. The summed E-state index contributed by atoms with van der Waals surface area (Å²) in [5.41, 5.74) is 0. The van der Waals surface area contributed by atoms with Crippen molar-refractivity contribution in [1.82, 2.24) is 10.6 Å². The summed E-state index contributed by atoms with van der Waals surface area (Å²) >= 11 is 1.99. The van der Waals surface area contributed by atoms with Gasteiger partial charge in [0.25, 0.3) is 0 Å². The topological polar surface area (TPSA) is 41.1 Å². The molecule has 2 amide bonds. The van der Waals surface area contributed by atoms with Crippen LogP contribution in [0.5, 0.6) is 0 Å². The number of unbranched alkanes of at least 4 members (excludes halogenated alkanes) is 2. The molecule has 15 heavy (non-hydrogen) atoms. The monoisotopic (exact) mass is 226 g/mol. The number of fused-ring (bicyclic) bond motifs is 1. The van der Waals surface area contributed by atoms with E-state index in [4.69, 9.17) is 0 Å². The maximum atomic E-state index is 11.1. The number of hydrogen-bond acceptors (Lipinski definition) is 2. The van der Waals surface area contributed by atoms with Gasteiger partial charge in [0, 0.05) is 11.0 Å². The van der Waals surface area contributed by atoms with Gasteiger partial charge in [-0.2, -0.15) is 11.8 Å². The number of nitrogens with one attached hydrogen (secondary N) is 2. The zero-order valence-corrected chi connectivity index (χ0v) is 9.69. The van der Waals surface area contributed by atoms with E-state index >= 15 is 0 Å². The van der Waals surface area contributed by atoms with Crippen LogP contribution in [0.2, 0.25) is 0 Å². The van der Waals surface area contributed by atoms with Crippen molar-refractivity contribution in [3.63, 3.8) is 0 Å². The highest BCUT2D eigenvalue weighted by Crippen LogP contribution is 2.33. The van der Waals surface area contributed by atoms with Gasteiger partial charge in [0.1, 0.15) is 0 Å². The highest BCUT2D eigenvalue weighted by molar-refractivity contribution is 8.00. The van der Waals surface area contributed by atoms with Crippen LogP contribution in [-0.4, -0.2) is 29.1 Å². The summed E-state index contributed by atoms with van der Waals surface area (Å²) in [5, 5.41) is 6.59. The molecular formula is C11H18N2OS. The SMILES string of the molecule is C=CCCCCC1SC[C@@H]2NC(=O)NC12. The minimum Gasteiger partial charge on any atom is -0.332 e. The van der Waals surface area contributed by atoms with Crippen LogP contribution in [0, 0.1) is 0 Å². The fourth-order valence-corrected chi connectivity index (χ4v) is 3.82. The number of allylic oxidation sites excluding steroid dienone is 1. The highest BCUT2D eigenvalue weighted by atomic mass is 32.2. The largest absolute Gasteiger partial charge is 0.332 e. The van der Waals surface area contributed by atoms with E-state index in [0.29, 0.717) is 17.3 Å². The first-order chi connectivity index (χ1) is 7.31. The van der Waals surface area contributed by atoms with E-state index in [-0.39, 0.29) is 6.03 Å². The maximum Gasteiger partial charge on any atom is 0.315 e. The highest BCUT2D eigenvalue weighted by Gasteiger charge is 2.42. The Kier molecular flexibility index (Phi) is 3.57. The molecule has 3 nitrogen and oxygen atoms in total. The van der Waals surface area contributed by atoms with Crippen LogP contribution in [0.1, 0.15) is 25.7 Å². The summed E-state index contributed by atoms with van der Waals surface area (Å²) in [5.74, 6) is 1.07. The predicted octanol–water partition coefficient (Wildman–Crippen LogP) is 1.90. The lowest BCUT2D eigenvalue weighted by Gasteiger charge is -2.16. The van der Waals surface area contributed by atoms with Gasteiger partial charge in [0.05, 0.1) is 12.1 Å². The van der Waals surface area contributed by atoms with Crippen LogP contribution in [0.4, 0.5) is 4.79 Å². The van der Waals surface area contributed by atoms with Crippen LogP contribution in [0.3, 0.4) is 0 Å². The first-order valence-corrected chi connectivity index (χ1v) is 6.65. The lowest BCUT2D eigenvalue weighted by molar-refractivity contribution is 0.247. The van der Waals surface area contributed by atoms with Crippen molar-refractivity contribution in [1.29, 1.82) is 0 Å². The van der Waals surface area contributed by atoms with E-state index in [9.17, 15) is 4.79 Å². The Morgan fingerprint density at radius 1 is 1.47 bits per heavy atom. The van der Waals surface area contributed by atoms with Crippen LogP contribution in [0.15, 0.2) is 12.7 Å². The molecule has 2 N–H and O–H groups in total. The number of hydrogen-bond donors (Lipinski definition) is 2. The number of carbonyl (C=O) groups is 1. The standard InChI is InChI=1S/C11H18N2OS/c1-2-3-4-5-6-9-10-8(7-15-9)12-11(14)13-10/h2,8-10H,1,3-7H2,(H2,12,13,14)/t8-,9?,10?/m0/s1. The average Bonchev–Trinajstić information content (AvgIpc) is 2.73. The van der Waals surface area contributed by atoms with Gasteiger partial charge < -0.3 is 10.6 Å². The molecule has 84 valence electrons. The van der Waals surface area contributed by atoms with Crippen molar-refractivity contribution in [3.8, 4) is 0 Å². The number of carbonyl (C=O) groups excluding carboxylic acids is 1. The van der Waals surface area contributed by atoms with Gasteiger partial charge in [0.2, 0.25) is 0 Å². The van der Waals surface area contributed by atoms with Gasteiger partial charge >= 0.3 is 6.03 Å². The second-order valence-electron chi connectivity index (χ2n) is 4.19. The Bertz CT molecular complexity index is 257. The molecular weight excluding hydrogens is 208 g/mol. The van der Waals surface area contributed by atoms with E-state index in [0.717, 1.165) is 12.2 Å². The molecule has 0 aliphatic carbocycles. The summed E-state index contributed by atoms with van der Waals surface area (Å²) in [6.45, 7) is 3.72. The minimum absolute atomic E-state index is 0.0152. The molecule has 2 aliphatic heterocycles. The number of urea groups is 1. The van der Waals surface area contributed by atoms with E-state index in [2.05, 4.69) is 17.2 Å². The third kappa shape index (κ3) is 2.48. The molecule has 3 atom stereocenters. The van der Waals surface area contributed by atoms with Gasteiger partial charge in [-0.1, -0.05) is 12.5 Å². The van der Waals surface area contributed by atoms with E-state index in [1.54, 1.807) is 0 Å². The van der Waals surface area contributed by atoms with Gasteiger partial charge in [-0.15, -0.1) is 6.58 Å². The Balaban J connectivity index is 1.74. The van der Waals surface area contributed by atoms with Gasteiger partial charge in [-0.25, -0.2) is 4.79 Å². The van der Waals surface area contributed by atoms with E-state index in [1.807, 2.05) is 17.8 Å². The zero-order chi connectivity index (χ0) is 10.7. The summed E-state index contributed by atoms with van der Waals surface area (Å²) < 4.78 is 0. The average molecular weight is 226 g/mol. The molecule has 2 heterocycles. The Morgan fingerprint density at radius 3 is 3.13 bits per heavy atom. The fourth-order valence-electron chi connectivity index (χ4n) is 2.28. The molecule has 2 aliphatic rings. The quantitative estimate of drug-likeness (QED) is 0.427. The molecule has 0 saturated carbocycles. The molecule has 2 fully saturated rings. The molecule has 4 heteroatoms. The predicted molar refractivity (Wildman–Crippen MR) is 64.2 cm³/mol. The number of rotatable bonds is 5. The number of thioether (sulfide) groups is 1. The van der Waals surface area contributed by atoms with Gasteiger partial charge in [-0.05, 0) is 19.3 Å². The minimum atomic E-state index is 0.0152. The van der Waals surface area contributed by atoms with Crippen LogP contribution >= 0.6 is 11.8 Å². The summed E-state index contributed by atoms with van der Waals surface area (Å²) in [6.07, 6.45) is 6.75. The van der Waals surface area contributed by atoms with Crippen LogP contribution < -0.4 is 10.6 Å². The first kappa shape index (κ1) is 10.9. The van der Waals surface area contributed by atoms with Crippen molar-refractivity contribution >= 4 is 17.8 Å². The second-order valence-corrected chi connectivity index (χ2v) is 5.47. The van der Waals surface area contributed by atoms with Crippen LogP contribution in [0.25, 0.3) is 0 Å². The third-order valence-corrected chi connectivity index (χ3v) is 4.59. The lowest BCUT2D eigenvalue weighted by atomic mass is 10.0. The van der Waals surface area contributed by atoms with E-state index < -0.39 is 0 Å². The smallest absolute Gasteiger partial charge is 0.315 e. The molecule has 2 saturated heterocycles. The molecule has 0 aromatic heterocycles. The normalized spacial score (nSPS) is 33.3. The summed E-state index contributed by atoms with van der Waals surface area (Å²) in [4.78, 5) is 11.1. The van der Waals surface area contributed by atoms with E-state index in [1.165, 1.54) is 19.3 Å². The summed E-state index contributed by atoms with van der Waals surface area (Å²) in [7, 11) is 0. The molecule has 2 rings (SSSR count). The molecule has 0 bridgehead atoms. The third-order valence-electron chi connectivity index (χ3n) is 3.09. The van der Waals surface area contributed by atoms with Gasteiger partial charge in [0.15, 0.2) is 0 Å². The van der Waals surface area contributed by atoms with Crippen molar-refractivity contribution in [2.75, 3.05) is 5.75 Å². The molecule has 0 aromatic carbocycles. The van der Waals surface area contributed by atoms with Gasteiger partial charge in [-0.3, -0.25) is 0 Å². The molecule has 0 spiro atoms. The maximum absolute atomic E-state index is 11.1. The molecule has 0 aromatic rings. The van der Waals surface area contributed by atoms with Crippen molar-refractivity contribution in [3.05, 3.63) is 12.7 Å². The Hall–Kier alpha value is -0.640.